The maximum atomic E-state index is 10.4. The van der Waals surface area contributed by atoms with Crippen molar-refractivity contribution in [2.24, 2.45) is 5.92 Å². The van der Waals surface area contributed by atoms with Crippen LogP contribution in [-0.2, 0) is 20.3 Å². The molecule has 0 aliphatic carbocycles. The Kier molecular flexibility index (Phi) is 13.3. The van der Waals surface area contributed by atoms with Crippen molar-refractivity contribution >= 4 is 11.4 Å². The van der Waals surface area contributed by atoms with Crippen LogP contribution in [0.15, 0.2) is 0 Å². The molecule has 1 N–H and O–H groups in total. The van der Waals surface area contributed by atoms with Gasteiger partial charge >= 0.3 is 11.4 Å². The third kappa shape index (κ3) is 14.0. The van der Waals surface area contributed by atoms with E-state index in [0.717, 1.165) is 18.8 Å². The summed E-state index contributed by atoms with van der Waals surface area (Å²) in [5.41, 5.74) is 0. The molecule has 0 rings (SSSR count). The highest BCUT2D eigenvalue weighted by atomic mass is 32.2. The van der Waals surface area contributed by atoms with Crippen LogP contribution in [0.3, 0.4) is 0 Å². The lowest BCUT2D eigenvalue weighted by Gasteiger charge is -2.14. The van der Waals surface area contributed by atoms with E-state index in [-0.39, 0.29) is 12.7 Å². The number of hydrogen-bond donors (Lipinski definition) is 1. The van der Waals surface area contributed by atoms with E-state index < -0.39 is 11.4 Å². The van der Waals surface area contributed by atoms with Crippen molar-refractivity contribution in [1.29, 1.82) is 0 Å². The Labute approximate surface area is 126 Å². The highest BCUT2D eigenvalue weighted by Crippen LogP contribution is 2.11. The van der Waals surface area contributed by atoms with E-state index in [1.165, 1.54) is 25.7 Å². The van der Waals surface area contributed by atoms with Gasteiger partial charge in [-0.25, -0.2) is 0 Å². The minimum Gasteiger partial charge on any atom is -0.375 e. The lowest BCUT2D eigenvalue weighted by Crippen LogP contribution is -2.20. The van der Waals surface area contributed by atoms with Gasteiger partial charge in [0, 0.05) is 13.0 Å². The summed E-state index contributed by atoms with van der Waals surface area (Å²) >= 11 is -2.26. The number of ether oxygens (including phenoxy) is 1. The molecule has 0 amide bonds. The van der Waals surface area contributed by atoms with E-state index in [2.05, 4.69) is 24.0 Å². The maximum Gasteiger partial charge on any atom is 0.301 e. The summed E-state index contributed by atoms with van der Waals surface area (Å²) in [6, 6.07) is 0. The van der Waals surface area contributed by atoms with Crippen LogP contribution < -0.4 is 0 Å². The van der Waals surface area contributed by atoms with E-state index in [0.29, 0.717) is 13.0 Å². The standard InChI is InChI=1S/C15H28O4S/c1-4-10-15(13-19-20(16)17)18-12-9-7-5-6-8-11-14(2)3/h1,14-15H,5-13H2,2-3H3,(H,16,17). The number of hydrogen-bond acceptors (Lipinski definition) is 3. The van der Waals surface area contributed by atoms with Crippen LogP contribution >= 0.6 is 0 Å². The molecule has 0 aliphatic rings. The summed E-state index contributed by atoms with van der Waals surface area (Å²) in [5.74, 6) is 3.28. The molecule has 0 aromatic heterocycles. The van der Waals surface area contributed by atoms with Gasteiger partial charge in [-0.1, -0.05) is 46.0 Å². The average Bonchev–Trinajstić information content (AvgIpc) is 2.38. The van der Waals surface area contributed by atoms with E-state index in [4.69, 9.17) is 15.7 Å². The molecular weight excluding hydrogens is 276 g/mol. The Bertz CT molecular complexity index is 286. The fraction of sp³-hybridized carbons (Fsp3) is 0.867. The van der Waals surface area contributed by atoms with Gasteiger partial charge in [0.1, 0.15) is 0 Å². The smallest absolute Gasteiger partial charge is 0.301 e. The molecule has 4 nitrogen and oxygen atoms in total. The van der Waals surface area contributed by atoms with Crippen molar-refractivity contribution in [2.45, 2.75) is 64.9 Å². The normalized spacial score (nSPS) is 14.2. The summed E-state index contributed by atoms with van der Waals surface area (Å²) in [4.78, 5) is 0. The van der Waals surface area contributed by atoms with Crippen molar-refractivity contribution < 1.29 is 17.7 Å². The molecule has 0 spiro atoms. The fourth-order valence-corrected chi connectivity index (χ4v) is 2.13. The SMILES string of the molecule is C#CCC(COS(=O)O)OCCCCCCCC(C)C. The second kappa shape index (κ2) is 13.6. The molecule has 0 saturated heterocycles. The zero-order valence-corrected chi connectivity index (χ0v) is 13.5. The summed E-state index contributed by atoms with van der Waals surface area (Å²) < 4.78 is 29.1. The summed E-state index contributed by atoms with van der Waals surface area (Å²) in [5, 5.41) is 0. The monoisotopic (exact) mass is 304 g/mol. The average molecular weight is 304 g/mol. The van der Waals surface area contributed by atoms with Crippen molar-refractivity contribution in [2.75, 3.05) is 13.2 Å². The Morgan fingerprint density at radius 1 is 1.20 bits per heavy atom. The van der Waals surface area contributed by atoms with Crippen LogP contribution in [0.1, 0.15) is 58.8 Å². The van der Waals surface area contributed by atoms with Crippen LogP contribution in [0, 0.1) is 18.3 Å². The predicted octanol–water partition coefficient (Wildman–Crippen LogP) is 3.54. The largest absolute Gasteiger partial charge is 0.375 e. The van der Waals surface area contributed by atoms with Gasteiger partial charge in [0.25, 0.3) is 0 Å². The number of rotatable bonds is 13. The van der Waals surface area contributed by atoms with Crippen molar-refractivity contribution in [1.82, 2.24) is 0 Å². The first kappa shape index (κ1) is 19.6. The van der Waals surface area contributed by atoms with Crippen molar-refractivity contribution in [3.05, 3.63) is 0 Å². The molecule has 2 atom stereocenters. The molecule has 0 fully saturated rings. The Morgan fingerprint density at radius 3 is 2.45 bits per heavy atom. The number of unbranched alkanes of at least 4 members (excludes halogenated alkanes) is 4. The first-order chi connectivity index (χ1) is 9.56. The lowest BCUT2D eigenvalue weighted by atomic mass is 10.0. The van der Waals surface area contributed by atoms with E-state index >= 15 is 0 Å². The molecule has 5 heteroatoms. The minimum atomic E-state index is -2.26. The summed E-state index contributed by atoms with van der Waals surface area (Å²) in [7, 11) is 0. The van der Waals surface area contributed by atoms with Crippen molar-refractivity contribution in [3.8, 4) is 12.3 Å². The van der Waals surface area contributed by atoms with Crippen LogP contribution in [0.5, 0.6) is 0 Å². The van der Waals surface area contributed by atoms with Crippen LogP contribution in [0.4, 0.5) is 0 Å². The van der Waals surface area contributed by atoms with Gasteiger partial charge in [0.15, 0.2) is 0 Å². The van der Waals surface area contributed by atoms with Crippen LogP contribution in [-0.4, -0.2) is 28.1 Å². The second-order valence-electron chi connectivity index (χ2n) is 5.35. The molecule has 0 saturated carbocycles. The van der Waals surface area contributed by atoms with E-state index in [1.54, 1.807) is 0 Å². The fourth-order valence-electron chi connectivity index (χ4n) is 1.87. The third-order valence-electron chi connectivity index (χ3n) is 2.98. The zero-order chi connectivity index (χ0) is 15.2. The van der Waals surface area contributed by atoms with Gasteiger partial charge in [0.2, 0.25) is 0 Å². The van der Waals surface area contributed by atoms with Gasteiger partial charge < -0.3 is 4.74 Å². The molecule has 2 unspecified atom stereocenters. The first-order valence-electron chi connectivity index (χ1n) is 7.35. The van der Waals surface area contributed by atoms with Gasteiger partial charge in [-0.15, -0.1) is 12.3 Å². The van der Waals surface area contributed by atoms with Crippen molar-refractivity contribution in [3.63, 3.8) is 0 Å². The minimum absolute atomic E-state index is 0.0572. The Morgan fingerprint density at radius 2 is 1.85 bits per heavy atom. The molecule has 0 aromatic carbocycles. The zero-order valence-electron chi connectivity index (χ0n) is 12.7. The lowest BCUT2D eigenvalue weighted by molar-refractivity contribution is 0.0228. The van der Waals surface area contributed by atoms with Gasteiger partial charge in [0.05, 0.1) is 12.7 Å². The molecule has 118 valence electrons. The molecular formula is C15H28O4S. The van der Waals surface area contributed by atoms with E-state index in [9.17, 15) is 4.21 Å². The van der Waals surface area contributed by atoms with Gasteiger partial charge in [-0.2, -0.15) is 4.21 Å². The Balaban J connectivity index is 3.49. The molecule has 0 radical (unpaired) electrons. The summed E-state index contributed by atoms with van der Waals surface area (Å²) in [6.07, 6.45) is 12.6. The highest BCUT2D eigenvalue weighted by Gasteiger charge is 2.09. The maximum absolute atomic E-state index is 10.4. The molecule has 20 heavy (non-hydrogen) atoms. The number of terminal acetylenes is 1. The topological polar surface area (TPSA) is 55.8 Å². The van der Waals surface area contributed by atoms with Gasteiger partial charge in [-0.05, 0) is 12.3 Å². The first-order valence-corrected chi connectivity index (χ1v) is 8.38. The Hall–Kier alpha value is -0.410. The highest BCUT2D eigenvalue weighted by molar-refractivity contribution is 7.74. The van der Waals surface area contributed by atoms with Crippen LogP contribution in [0.2, 0.25) is 0 Å². The predicted molar refractivity (Wildman–Crippen MR) is 82.5 cm³/mol. The third-order valence-corrected chi connectivity index (χ3v) is 3.32. The molecule has 0 aliphatic heterocycles. The van der Waals surface area contributed by atoms with Gasteiger partial charge in [-0.3, -0.25) is 8.74 Å². The molecule has 0 bridgehead atoms. The molecule has 0 heterocycles. The second-order valence-corrected chi connectivity index (χ2v) is 6.02. The van der Waals surface area contributed by atoms with Crippen LogP contribution in [0.25, 0.3) is 0 Å². The quantitative estimate of drug-likeness (QED) is 0.321. The summed E-state index contributed by atoms with van der Waals surface area (Å²) in [6.45, 7) is 5.18. The molecule has 0 aromatic rings. The van der Waals surface area contributed by atoms with E-state index in [1.807, 2.05) is 0 Å².